The number of anilines is 1. The van der Waals surface area contributed by atoms with Crippen LogP contribution in [0.1, 0.15) is 13.8 Å². The van der Waals surface area contributed by atoms with E-state index >= 15 is 0 Å². The summed E-state index contributed by atoms with van der Waals surface area (Å²) < 4.78 is 2.05. The summed E-state index contributed by atoms with van der Waals surface area (Å²) >= 11 is 3.39. The standard InChI is InChI=1S/C13H22BrN5O/c1-10(2)9-19-13(20)12(14)11(8-15-19)16-18-6-4-17(3)5-7-18/h8,10,16H,4-7,9H2,1-3H3. The van der Waals surface area contributed by atoms with E-state index in [1.54, 1.807) is 6.20 Å². The van der Waals surface area contributed by atoms with Crippen molar-refractivity contribution >= 4 is 21.6 Å². The van der Waals surface area contributed by atoms with Crippen molar-refractivity contribution in [1.29, 1.82) is 0 Å². The van der Waals surface area contributed by atoms with Gasteiger partial charge in [-0.3, -0.25) is 4.79 Å². The van der Waals surface area contributed by atoms with E-state index in [9.17, 15) is 4.79 Å². The van der Waals surface area contributed by atoms with E-state index in [2.05, 4.69) is 57.3 Å². The third-order valence-corrected chi connectivity index (χ3v) is 4.07. The molecule has 2 heterocycles. The van der Waals surface area contributed by atoms with Crippen LogP contribution in [0.4, 0.5) is 5.69 Å². The normalized spacial score (nSPS) is 17.6. The maximum atomic E-state index is 12.2. The number of hydrogen-bond donors (Lipinski definition) is 1. The zero-order valence-corrected chi connectivity index (χ0v) is 13.9. The number of hydrogen-bond acceptors (Lipinski definition) is 5. The highest BCUT2D eigenvalue weighted by Crippen LogP contribution is 2.17. The number of nitrogens with zero attached hydrogens (tertiary/aromatic N) is 4. The van der Waals surface area contributed by atoms with Crippen LogP contribution >= 0.6 is 15.9 Å². The summed E-state index contributed by atoms with van der Waals surface area (Å²) in [6, 6.07) is 0. The number of rotatable bonds is 4. The first-order valence-corrected chi connectivity index (χ1v) is 7.72. The highest BCUT2D eigenvalue weighted by atomic mass is 79.9. The smallest absolute Gasteiger partial charge is 0.283 e. The predicted octanol–water partition coefficient (Wildman–Crippen LogP) is 1.24. The van der Waals surface area contributed by atoms with Gasteiger partial charge in [0, 0.05) is 32.7 Å². The molecular weight excluding hydrogens is 322 g/mol. The fraction of sp³-hybridized carbons (Fsp3) is 0.692. The lowest BCUT2D eigenvalue weighted by Gasteiger charge is -2.33. The third-order valence-electron chi connectivity index (χ3n) is 3.30. The van der Waals surface area contributed by atoms with Crippen molar-refractivity contribution in [2.45, 2.75) is 20.4 Å². The first kappa shape index (κ1) is 15.5. The predicted molar refractivity (Wildman–Crippen MR) is 83.7 cm³/mol. The first-order valence-electron chi connectivity index (χ1n) is 6.93. The molecule has 2 rings (SSSR count). The van der Waals surface area contributed by atoms with Gasteiger partial charge < -0.3 is 10.3 Å². The lowest BCUT2D eigenvalue weighted by atomic mass is 10.2. The highest BCUT2D eigenvalue weighted by molar-refractivity contribution is 9.10. The molecule has 1 aromatic heterocycles. The van der Waals surface area contributed by atoms with Gasteiger partial charge in [0.2, 0.25) is 0 Å². The fourth-order valence-electron chi connectivity index (χ4n) is 2.11. The Balaban J connectivity index is 2.09. The molecule has 0 saturated carbocycles. The van der Waals surface area contributed by atoms with Crippen molar-refractivity contribution in [2.75, 3.05) is 38.7 Å². The van der Waals surface area contributed by atoms with Crippen LogP contribution in [-0.4, -0.2) is 52.9 Å². The van der Waals surface area contributed by atoms with Gasteiger partial charge in [0.05, 0.1) is 11.9 Å². The molecule has 20 heavy (non-hydrogen) atoms. The van der Waals surface area contributed by atoms with Gasteiger partial charge >= 0.3 is 0 Å². The van der Waals surface area contributed by atoms with Crippen LogP contribution in [-0.2, 0) is 6.54 Å². The van der Waals surface area contributed by atoms with E-state index in [0.717, 1.165) is 31.9 Å². The Morgan fingerprint density at radius 3 is 2.60 bits per heavy atom. The second-order valence-electron chi connectivity index (χ2n) is 5.66. The van der Waals surface area contributed by atoms with E-state index in [-0.39, 0.29) is 5.56 Å². The first-order chi connectivity index (χ1) is 9.47. The largest absolute Gasteiger partial charge is 0.316 e. The molecule has 1 saturated heterocycles. The molecule has 7 heteroatoms. The molecule has 0 spiro atoms. The molecule has 1 aliphatic rings. The molecule has 112 valence electrons. The Morgan fingerprint density at radius 1 is 1.35 bits per heavy atom. The van der Waals surface area contributed by atoms with E-state index in [1.807, 2.05) is 0 Å². The molecule has 1 fully saturated rings. The summed E-state index contributed by atoms with van der Waals surface area (Å²) in [6.07, 6.45) is 1.71. The zero-order chi connectivity index (χ0) is 14.7. The van der Waals surface area contributed by atoms with Crippen molar-refractivity contribution in [3.05, 3.63) is 21.0 Å². The average molecular weight is 344 g/mol. The van der Waals surface area contributed by atoms with Crippen LogP contribution in [0.2, 0.25) is 0 Å². The molecule has 0 aromatic carbocycles. The van der Waals surface area contributed by atoms with Gasteiger partial charge in [0.1, 0.15) is 4.47 Å². The summed E-state index contributed by atoms with van der Waals surface area (Å²) in [5.41, 5.74) is 3.93. The zero-order valence-electron chi connectivity index (χ0n) is 12.3. The van der Waals surface area contributed by atoms with Gasteiger partial charge in [-0.2, -0.15) is 5.10 Å². The van der Waals surface area contributed by atoms with Gasteiger partial charge in [-0.15, -0.1) is 0 Å². The Morgan fingerprint density at radius 2 is 2.00 bits per heavy atom. The van der Waals surface area contributed by atoms with Crippen LogP contribution < -0.4 is 11.0 Å². The Bertz CT molecular complexity index is 508. The molecule has 0 unspecified atom stereocenters. The third kappa shape index (κ3) is 3.80. The van der Waals surface area contributed by atoms with Gasteiger partial charge in [0.15, 0.2) is 0 Å². The molecular formula is C13H22BrN5O. The van der Waals surface area contributed by atoms with Crippen molar-refractivity contribution in [3.63, 3.8) is 0 Å². The van der Waals surface area contributed by atoms with Crippen molar-refractivity contribution in [2.24, 2.45) is 5.92 Å². The monoisotopic (exact) mass is 343 g/mol. The summed E-state index contributed by atoms with van der Waals surface area (Å²) in [7, 11) is 2.11. The second kappa shape index (κ2) is 6.69. The maximum Gasteiger partial charge on any atom is 0.283 e. The molecule has 0 bridgehead atoms. The minimum absolute atomic E-state index is 0.0853. The van der Waals surface area contributed by atoms with Crippen molar-refractivity contribution < 1.29 is 0 Å². The van der Waals surface area contributed by atoms with E-state index in [1.165, 1.54) is 4.68 Å². The van der Waals surface area contributed by atoms with E-state index in [4.69, 9.17) is 0 Å². The lowest BCUT2D eigenvalue weighted by molar-refractivity contribution is 0.179. The molecule has 6 nitrogen and oxygen atoms in total. The minimum atomic E-state index is -0.0853. The molecule has 0 amide bonds. The van der Waals surface area contributed by atoms with Crippen LogP contribution in [0.15, 0.2) is 15.5 Å². The topological polar surface area (TPSA) is 53.4 Å². The average Bonchev–Trinajstić information content (AvgIpc) is 2.40. The second-order valence-corrected chi connectivity index (χ2v) is 6.45. The number of aromatic nitrogens is 2. The molecule has 1 aliphatic heterocycles. The Hall–Kier alpha value is -0.920. The number of nitrogens with one attached hydrogen (secondary N) is 1. The minimum Gasteiger partial charge on any atom is -0.316 e. The lowest BCUT2D eigenvalue weighted by Crippen LogP contribution is -2.47. The summed E-state index contributed by atoms with van der Waals surface area (Å²) in [5, 5.41) is 6.35. The van der Waals surface area contributed by atoms with E-state index < -0.39 is 0 Å². The number of piperazine rings is 1. The van der Waals surface area contributed by atoms with Gasteiger partial charge in [0.25, 0.3) is 5.56 Å². The highest BCUT2D eigenvalue weighted by Gasteiger charge is 2.16. The summed E-state index contributed by atoms with van der Waals surface area (Å²) in [6.45, 7) is 8.66. The van der Waals surface area contributed by atoms with Crippen LogP contribution in [0.5, 0.6) is 0 Å². The number of hydrazine groups is 1. The van der Waals surface area contributed by atoms with Gasteiger partial charge in [-0.05, 0) is 28.9 Å². The SMILES string of the molecule is CC(C)Cn1ncc(NN2CCN(C)CC2)c(Br)c1=O. The fourth-order valence-corrected chi connectivity index (χ4v) is 2.50. The van der Waals surface area contributed by atoms with Crippen molar-refractivity contribution in [1.82, 2.24) is 19.7 Å². The number of likely N-dealkylation sites (N-methyl/N-ethyl adjacent to an activating group) is 1. The van der Waals surface area contributed by atoms with Crippen LogP contribution in [0.3, 0.4) is 0 Å². The van der Waals surface area contributed by atoms with Crippen LogP contribution in [0.25, 0.3) is 0 Å². The Labute approximate surface area is 127 Å². The number of halogens is 1. The molecule has 1 N–H and O–H groups in total. The van der Waals surface area contributed by atoms with E-state index in [0.29, 0.717) is 16.9 Å². The van der Waals surface area contributed by atoms with Gasteiger partial charge in [-0.25, -0.2) is 9.69 Å². The Kier molecular flexibility index (Phi) is 5.17. The van der Waals surface area contributed by atoms with Crippen molar-refractivity contribution in [3.8, 4) is 0 Å². The summed E-state index contributed by atoms with van der Waals surface area (Å²) in [5.74, 6) is 0.392. The summed E-state index contributed by atoms with van der Waals surface area (Å²) in [4.78, 5) is 14.5. The quantitative estimate of drug-likeness (QED) is 0.891. The maximum absolute atomic E-state index is 12.2. The molecule has 0 radical (unpaired) electrons. The van der Waals surface area contributed by atoms with Crippen LogP contribution in [0, 0.1) is 5.92 Å². The molecule has 0 aliphatic carbocycles. The van der Waals surface area contributed by atoms with Gasteiger partial charge in [-0.1, -0.05) is 13.8 Å². The molecule has 0 atom stereocenters. The molecule has 1 aromatic rings.